The summed E-state index contributed by atoms with van der Waals surface area (Å²) in [4.78, 5) is 13.2. The molecule has 0 bridgehead atoms. The summed E-state index contributed by atoms with van der Waals surface area (Å²) in [5, 5.41) is 0. The van der Waals surface area contributed by atoms with Crippen LogP contribution in [0.4, 0.5) is 0 Å². The van der Waals surface area contributed by atoms with Crippen molar-refractivity contribution in [2.24, 2.45) is 0 Å². The predicted octanol–water partition coefficient (Wildman–Crippen LogP) is 1.03. The zero-order valence-electron chi connectivity index (χ0n) is 4.22. The van der Waals surface area contributed by atoms with Gasteiger partial charge in [-0.1, -0.05) is 9.24 Å². The van der Waals surface area contributed by atoms with Crippen LogP contribution in [0.2, 0.25) is 0 Å². The molecule has 3 heteroatoms. The predicted molar refractivity (Wildman–Crippen MR) is 34.8 cm³/mol. The first-order chi connectivity index (χ1) is 3.80. The van der Waals surface area contributed by atoms with Crippen LogP contribution in [0.25, 0.3) is 0 Å². The molecule has 0 saturated carbocycles. The highest BCUT2D eigenvalue weighted by atomic mass is 31.0. The molecule has 0 spiro atoms. The molecule has 0 aliphatic carbocycles. The number of nitrogens with one attached hydrogen (secondary N) is 1. The molecule has 0 aliphatic heterocycles. The van der Waals surface area contributed by atoms with Crippen LogP contribution < -0.4 is 0 Å². The SMILES string of the molecule is O=C(P)c1ccc[nH]1. The Morgan fingerprint density at radius 2 is 2.50 bits per heavy atom. The molecule has 0 amide bonds. The molecule has 0 saturated heterocycles. The van der Waals surface area contributed by atoms with Crippen molar-refractivity contribution in [3.63, 3.8) is 0 Å². The summed E-state index contributed by atoms with van der Waals surface area (Å²) >= 11 is 0. The van der Waals surface area contributed by atoms with E-state index in [1.165, 1.54) is 0 Å². The van der Waals surface area contributed by atoms with Gasteiger partial charge in [-0.2, -0.15) is 0 Å². The maximum atomic E-state index is 10.4. The highest BCUT2D eigenvalue weighted by Gasteiger charge is 1.94. The van der Waals surface area contributed by atoms with Crippen molar-refractivity contribution in [1.82, 2.24) is 4.98 Å². The molecule has 0 radical (unpaired) electrons. The largest absolute Gasteiger partial charge is 0.359 e. The van der Waals surface area contributed by atoms with Crippen LogP contribution in [-0.2, 0) is 0 Å². The quantitative estimate of drug-likeness (QED) is 0.561. The Kier molecular flexibility index (Phi) is 1.45. The number of hydrogen-bond donors (Lipinski definition) is 1. The Hall–Kier alpha value is -0.620. The van der Waals surface area contributed by atoms with Crippen molar-refractivity contribution >= 4 is 14.8 Å². The maximum Gasteiger partial charge on any atom is 0.194 e. The first kappa shape index (κ1) is 5.52. The fourth-order valence-electron chi connectivity index (χ4n) is 0.484. The number of hydrogen-bond acceptors (Lipinski definition) is 1. The Morgan fingerprint density at radius 3 is 2.75 bits per heavy atom. The summed E-state index contributed by atoms with van der Waals surface area (Å²) in [6, 6.07) is 3.52. The van der Waals surface area contributed by atoms with E-state index >= 15 is 0 Å². The van der Waals surface area contributed by atoms with E-state index in [1.807, 2.05) is 0 Å². The summed E-state index contributed by atoms with van der Waals surface area (Å²) in [5.74, 6) is 0. The molecule has 0 aromatic carbocycles. The molecule has 1 N–H and O–H groups in total. The monoisotopic (exact) mass is 127 g/mol. The van der Waals surface area contributed by atoms with Gasteiger partial charge in [-0.3, -0.25) is 4.79 Å². The normalized spacial score (nSPS) is 9.12. The number of carbonyl (C=O) groups is 1. The van der Waals surface area contributed by atoms with Crippen LogP contribution in [-0.4, -0.2) is 10.5 Å². The topological polar surface area (TPSA) is 32.9 Å². The molecule has 42 valence electrons. The average Bonchev–Trinajstić information content (AvgIpc) is 2.12. The second-order valence-electron chi connectivity index (χ2n) is 1.45. The van der Waals surface area contributed by atoms with Crippen LogP contribution in [0.15, 0.2) is 18.3 Å². The van der Waals surface area contributed by atoms with Gasteiger partial charge in [0.25, 0.3) is 0 Å². The minimum Gasteiger partial charge on any atom is -0.359 e. The Bertz CT molecular complexity index is 180. The Labute approximate surface area is 49.5 Å². The molecule has 2 nitrogen and oxygen atoms in total. The van der Waals surface area contributed by atoms with E-state index in [2.05, 4.69) is 14.2 Å². The van der Waals surface area contributed by atoms with Crippen LogP contribution >= 0.6 is 9.24 Å². The van der Waals surface area contributed by atoms with E-state index in [0.29, 0.717) is 5.69 Å². The number of aromatic amines is 1. The smallest absolute Gasteiger partial charge is 0.194 e. The first-order valence-electron chi connectivity index (χ1n) is 2.24. The zero-order valence-corrected chi connectivity index (χ0v) is 5.37. The second-order valence-corrected chi connectivity index (χ2v) is 1.97. The molecule has 1 unspecified atom stereocenters. The van der Waals surface area contributed by atoms with Crippen molar-refractivity contribution in [2.45, 2.75) is 0 Å². The van der Waals surface area contributed by atoms with Gasteiger partial charge < -0.3 is 4.98 Å². The van der Waals surface area contributed by atoms with Gasteiger partial charge in [-0.05, 0) is 12.1 Å². The van der Waals surface area contributed by atoms with Crippen molar-refractivity contribution in [3.05, 3.63) is 24.0 Å². The van der Waals surface area contributed by atoms with Gasteiger partial charge in [0.1, 0.15) is 0 Å². The van der Waals surface area contributed by atoms with Gasteiger partial charge in [-0.25, -0.2) is 0 Å². The lowest BCUT2D eigenvalue weighted by molar-refractivity contribution is 0.108. The van der Waals surface area contributed by atoms with Gasteiger partial charge >= 0.3 is 0 Å². The lowest BCUT2D eigenvalue weighted by Crippen LogP contribution is -1.84. The molecule has 1 atom stereocenters. The van der Waals surface area contributed by atoms with Gasteiger partial charge in [0.05, 0.1) is 5.69 Å². The van der Waals surface area contributed by atoms with E-state index in [-0.39, 0.29) is 5.52 Å². The minimum atomic E-state index is -0.00463. The number of rotatable bonds is 1. The van der Waals surface area contributed by atoms with Crippen molar-refractivity contribution in [1.29, 1.82) is 0 Å². The third kappa shape index (κ3) is 0.958. The van der Waals surface area contributed by atoms with E-state index in [9.17, 15) is 4.79 Å². The number of carbonyl (C=O) groups excluding carboxylic acids is 1. The summed E-state index contributed by atoms with van der Waals surface area (Å²) in [7, 11) is 2.09. The summed E-state index contributed by atoms with van der Waals surface area (Å²) in [5.41, 5.74) is 0.630. The molecular formula is C5H6NOP. The lowest BCUT2D eigenvalue weighted by Gasteiger charge is -1.81. The third-order valence-corrected chi connectivity index (χ3v) is 1.17. The first-order valence-corrected chi connectivity index (χ1v) is 2.81. The third-order valence-electron chi connectivity index (χ3n) is 0.863. The molecule has 1 heterocycles. The van der Waals surface area contributed by atoms with Crippen molar-refractivity contribution < 1.29 is 4.79 Å². The molecular weight excluding hydrogens is 121 g/mol. The average molecular weight is 127 g/mol. The summed E-state index contributed by atoms with van der Waals surface area (Å²) < 4.78 is 0. The number of aromatic nitrogens is 1. The Morgan fingerprint density at radius 1 is 1.75 bits per heavy atom. The van der Waals surface area contributed by atoms with Crippen LogP contribution in [0.3, 0.4) is 0 Å². The molecule has 0 aliphatic rings. The fraction of sp³-hybridized carbons (Fsp3) is 0. The van der Waals surface area contributed by atoms with Gasteiger partial charge in [-0.15, -0.1) is 0 Å². The van der Waals surface area contributed by atoms with Crippen LogP contribution in [0.1, 0.15) is 10.5 Å². The van der Waals surface area contributed by atoms with Crippen LogP contribution in [0.5, 0.6) is 0 Å². The van der Waals surface area contributed by atoms with Crippen molar-refractivity contribution in [3.8, 4) is 0 Å². The maximum absolute atomic E-state index is 10.4. The van der Waals surface area contributed by atoms with Gasteiger partial charge in [0.2, 0.25) is 0 Å². The van der Waals surface area contributed by atoms with Crippen molar-refractivity contribution in [2.75, 3.05) is 0 Å². The molecule has 0 fully saturated rings. The van der Waals surface area contributed by atoms with E-state index in [1.54, 1.807) is 18.3 Å². The zero-order chi connectivity index (χ0) is 5.98. The summed E-state index contributed by atoms with van der Waals surface area (Å²) in [6.45, 7) is 0. The van der Waals surface area contributed by atoms with Gasteiger partial charge in [0, 0.05) is 6.20 Å². The second kappa shape index (κ2) is 2.10. The molecule has 1 rings (SSSR count). The molecule has 1 aromatic heterocycles. The highest BCUT2D eigenvalue weighted by molar-refractivity contribution is 7.41. The molecule has 8 heavy (non-hydrogen) atoms. The fourth-order valence-corrected chi connectivity index (χ4v) is 0.663. The number of H-pyrrole nitrogens is 1. The lowest BCUT2D eigenvalue weighted by atomic mass is 10.5. The van der Waals surface area contributed by atoms with E-state index < -0.39 is 0 Å². The highest BCUT2D eigenvalue weighted by Crippen LogP contribution is 2.00. The van der Waals surface area contributed by atoms with E-state index in [0.717, 1.165) is 0 Å². The summed E-state index contributed by atoms with van der Waals surface area (Å²) in [6.07, 6.45) is 1.72. The Balaban J connectivity index is 2.93. The standard InChI is InChI=1S/C5H6NOP/c7-5(8)4-2-1-3-6-4/h1-3,6H,8H2. The minimum absolute atomic E-state index is 0.00463. The van der Waals surface area contributed by atoms with Crippen LogP contribution in [0, 0.1) is 0 Å². The van der Waals surface area contributed by atoms with Gasteiger partial charge in [0.15, 0.2) is 5.52 Å². The van der Waals surface area contributed by atoms with E-state index in [4.69, 9.17) is 0 Å². The molecule has 1 aromatic rings.